The maximum absolute atomic E-state index is 5.91. The lowest BCUT2D eigenvalue weighted by Crippen LogP contribution is -2.30. The van der Waals surface area contributed by atoms with Gasteiger partial charge in [-0.25, -0.2) is 15.4 Å². The molecule has 0 amide bonds. The summed E-state index contributed by atoms with van der Waals surface area (Å²) < 4.78 is 0. The molecule has 94 valence electrons. The van der Waals surface area contributed by atoms with Crippen LogP contribution in [0, 0.1) is 6.92 Å². The molecule has 0 saturated carbocycles. The third-order valence-corrected chi connectivity index (χ3v) is 3.00. The van der Waals surface area contributed by atoms with Crippen molar-refractivity contribution in [2.45, 2.75) is 13.0 Å². The van der Waals surface area contributed by atoms with Crippen molar-refractivity contribution in [2.75, 3.05) is 5.73 Å². The van der Waals surface area contributed by atoms with E-state index in [4.69, 9.17) is 23.2 Å². The number of pyridine rings is 2. The molecule has 0 aliphatic heterocycles. The summed E-state index contributed by atoms with van der Waals surface area (Å²) in [5.41, 5.74) is 11.4. The van der Waals surface area contributed by atoms with E-state index in [1.165, 1.54) is 0 Å². The van der Waals surface area contributed by atoms with Gasteiger partial charge < -0.3 is 5.73 Å². The number of aromatic nitrogens is 2. The highest BCUT2D eigenvalue weighted by Gasteiger charge is 2.18. The lowest BCUT2D eigenvalue weighted by atomic mass is 9.97. The van der Waals surface area contributed by atoms with Crippen molar-refractivity contribution in [3.63, 3.8) is 0 Å². The van der Waals surface area contributed by atoms with Crippen molar-refractivity contribution in [3.05, 3.63) is 52.4 Å². The van der Waals surface area contributed by atoms with E-state index in [0.29, 0.717) is 11.0 Å². The maximum atomic E-state index is 5.91. The molecular formula is C12H14ClN5. The summed E-state index contributed by atoms with van der Waals surface area (Å²) in [4.78, 5) is 8.13. The fraction of sp³-hybridized carbons (Fsp3) is 0.167. The van der Waals surface area contributed by atoms with Crippen molar-refractivity contribution in [1.29, 1.82) is 0 Å². The monoisotopic (exact) mass is 263 g/mol. The number of halogens is 1. The maximum Gasteiger partial charge on any atom is 0.129 e. The zero-order valence-corrected chi connectivity index (χ0v) is 10.6. The summed E-state index contributed by atoms with van der Waals surface area (Å²) in [5, 5.41) is 0.436. The fourth-order valence-corrected chi connectivity index (χ4v) is 1.98. The SMILES string of the molecule is Cc1ccnc(N)c1C(NN)c1ccc(Cl)nc1. The molecule has 2 heterocycles. The van der Waals surface area contributed by atoms with E-state index >= 15 is 0 Å². The Kier molecular flexibility index (Phi) is 3.76. The Hall–Kier alpha value is -1.69. The van der Waals surface area contributed by atoms with Crippen LogP contribution in [-0.4, -0.2) is 9.97 Å². The molecule has 0 aromatic carbocycles. The third-order valence-electron chi connectivity index (χ3n) is 2.78. The third kappa shape index (κ3) is 2.43. The quantitative estimate of drug-likeness (QED) is 0.444. The first-order valence-corrected chi connectivity index (χ1v) is 5.80. The predicted molar refractivity (Wildman–Crippen MR) is 71.8 cm³/mol. The van der Waals surface area contributed by atoms with Crippen LogP contribution in [0.3, 0.4) is 0 Å². The number of nitrogens with two attached hydrogens (primary N) is 2. The van der Waals surface area contributed by atoms with Gasteiger partial charge in [0.1, 0.15) is 11.0 Å². The van der Waals surface area contributed by atoms with Gasteiger partial charge in [-0.3, -0.25) is 5.84 Å². The first-order chi connectivity index (χ1) is 8.63. The molecule has 1 unspecified atom stereocenters. The molecule has 0 aliphatic carbocycles. The number of hydrogen-bond acceptors (Lipinski definition) is 5. The molecule has 0 radical (unpaired) electrons. The van der Waals surface area contributed by atoms with Crippen molar-refractivity contribution in [3.8, 4) is 0 Å². The number of rotatable bonds is 3. The van der Waals surface area contributed by atoms with E-state index in [-0.39, 0.29) is 6.04 Å². The molecule has 2 aromatic rings. The Bertz CT molecular complexity index is 520. The van der Waals surface area contributed by atoms with Gasteiger partial charge in [0.2, 0.25) is 0 Å². The molecule has 2 aromatic heterocycles. The first-order valence-electron chi connectivity index (χ1n) is 5.42. The largest absolute Gasteiger partial charge is 0.383 e. The summed E-state index contributed by atoms with van der Waals surface area (Å²) in [6.07, 6.45) is 3.33. The molecule has 5 N–H and O–H groups in total. The number of nitrogens with one attached hydrogen (secondary N) is 1. The minimum absolute atomic E-state index is 0.261. The van der Waals surface area contributed by atoms with E-state index in [9.17, 15) is 0 Å². The zero-order valence-electron chi connectivity index (χ0n) is 9.89. The van der Waals surface area contributed by atoms with Crippen LogP contribution in [0.4, 0.5) is 5.82 Å². The van der Waals surface area contributed by atoms with Gasteiger partial charge in [-0.05, 0) is 30.2 Å². The summed E-state index contributed by atoms with van der Waals surface area (Å²) in [6, 6.07) is 5.19. The van der Waals surface area contributed by atoms with Gasteiger partial charge in [-0.2, -0.15) is 0 Å². The Balaban J connectivity index is 2.48. The number of nitrogens with zero attached hydrogens (tertiary/aromatic N) is 2. The van der Waals surface area contributed by atoms with Crippen LogP contribution in [0.2, 0.25) is 5.15 Å². The van der Waals surface area contributed by atoms with Gasteiger partial charge in [0.25, 0.3) is 0 Å². The van der Waals surface area contributed by atoms with Gasteiger partial charge in [0.05, 0.1) is 6.04 Å². The molecule has 0 spiro atoms. The second kappa shape index (κ2) is 5.30. The van der Waals surface area contributed by atoms with Crippen LogP contribution in [0.25, 0.3) is 0 Å². The number of aryl methyl sites for hydroxylation is 1. The first kappa shape index (κ1) is 12.8. The van der Waals surface area contributed by atoms with Gasteiger partial charge in [-0.1, -0.05) is 17.7 Å². The van der Waals surface area contributed by atoms with E-state index in [1.807, 2.05) is 19.1 Å². The standard InChI is InChI=1S/C12H14ClN5/c1-7-4-5-16-12(14)10(7)11(18-15)8-2-3-9(13)17-6-8/h2-6,11,18H,15H2,1H3,(H2,14,16). The molecule has 5 nitrogen and oxygen atoms in total. The molecule has 18 heavy (non-hydrogen) atoms. The average molecular weight is 264 g/mol. The molecule has 0 saturated heterocycles. The van der Waals surface area contributed by atoms with Gasteiger partial charge >= 0.3 is 0 Å². The van der Waals surface area contributed by atoms with Crippen LogP contribution < -0.4 is 17.0 Å². The predicted octanol–water partition coefficient (Wildman–Crippen LogP) is 1.57. The Morgan fingerprint density at radius 2 is 2.06 bits per heavy atom. The minimum atomic E-state index is -0.261. The number of hydrazine groups is 1. The van der Waals surface area contributed by atoms with Crippen molar-refractivity contribution < 1.29 is 0 Å². The zero-order chi connectivity index (χ0) is 13.1. The Morgan fingerprint density at radius 1 is 1.28 bits per heavy atom. The number of nitrogen functional groups attached to an aromatic ring is 1. The van der Waals surface area contributed by atoms with Crippen LogP contribution in [0.1, 0.15) is 22.7 Å². The van der Waals surface area contributed by atoms with Gasteiger partial charge in [0.15, 0.2) is 0 Å². The van der Waals surface area contributed by atoms with Crippen LogP contribution in [0.5, 0.6) is 0 Å². The van der Waals surface area contributed by atoms with E-state index in [2.05, 4.69) is 15.4 Å². The molecular weight excluding hydrogens is 250 g/mol. The van der Waals surface area contributed by atoms with Crippen molar-refractivity contribution >= 4 is 17.4 Å². The summed E-state index contributed by atoms with van der Waals surface area (Å²) >= 11 is 5.77. The van der Waals surface area contributed by atoms with E-state index in [1.54, 1.807) is 18.5 Å². The molecule has 0 fully saturated rings. The Labute approximate surface area is 110 Å². The lowest BCUT2D eigenvalue weighted by molar-refractivity contribution is 0.631. The summed E-state index contributed by atoms with van der Waals surface area (Å²) in [6.45, 7) is 1.96. The summed E-state index contributed by atoms with van der Waals surface area (Å²) in [5.74, 6) is 6.07. The van der Waals surface area contributed by atoms with Crippen LogP contribution in [0.15, 0.2) is 30.6 Å². The topological polar surface area (TPSA) is 89.8 Å². The molecule has 6 heteroatoms. The normalized spacial score (nSPS) is 12.4. The Morgan fingerprint density at radius 3 is 2.61 bits per heavy atom. The van der Waals surface area contributed by atoms with Gasteiger partial charge in [-0.15, -0.1) is 0 Å². The molecule has 0 aliphatic rings. The average Bonchev–Trinajstić information content (AvgIpc) is 2.35. The highest BCUT2D eigenvalue weighted by Crippen LogP contribution is 2.27. The molecule has 1 atom stereocenters. The number of hydrogen-bond donors (Lipinski definition) is 3. The van der Waals surface area contributed by atoms with Gasteiger partial charge in [0, 0.05) is 18.0 Å². The second-order valence-corrected chi connectivity index (χ2v) is 4.33. The molecule has 2 rings (SSSR count). The number of anilines is 1. The highest BCUT2D eigenvalue weighted by molar-refractivity contribution is 6.29. The summed E-state index contributed by atoms with van der Waals surface area (Å²) in [7, 11) is 0. The molecule has 0 bridgehead atoms. The van der Waals surface area contributed by atoms with Crippen molar-refractivity contribution in [1.82, 2.24) is 15.4 Å². The lowest BCUT2D eigenvalue weighted by Gasteiger charge is -2.19. The van der Waals surface area contributed by atoms with Crippen LogP contribution >= 0.6 is 11.6 Å². The van der Waals surface area contributed by atoms with E-state index in [0.717, 1.165) is 16.7 Å². The minimum Gasteiger partial charge on any atom is -0.383 e. The second-order valence-electron chi connectivity index (χ2n) is 3.94. The fourth-order valence-electron chi connectivity index (χ4n) is 1.87. The van der Waals surface area contributed by atoms with E-state index < -0.39 is 0 Å². The van der Waals surface area contributed by atoms with Crippen LogP contribution in [-0.2, 0) is 0 Å². The highest BCUT2D eigenvalue weighted by atomic mass is 35.5. The smallest absolute Gasteiger partial charge is 0.129 e. The van der Waals surface area contributed by atoms with Crippen molar-refractivity contribution in [2.24, 2.45) is 5.84 Å².